The lowest BCUT2D eigenvalue weighted by molar-refractivity contribution is -0.169. The molecule has 9 heterocycles. The Labute approximate surface area is 303 Å². The SMILES string of the molecule is C/C=C1/CN2CCC34c5cc6oc7cc8c(cc7c6cc5N(C)C23CCC1C4C(=O)OC)C12CCN3CC4(OC4C)C(CC3[C@@H]1N8C)C2C(=O)OC. The molecule has 0 radical (unpaired) electrons. The molecular formula is C42H48N4O6. The minimum atomic E-state index is -0.390. The first-order valence-electron chi connectivity index (χ1n) is 19.6. The fourth-order valence-corrected chi connectivity index (χ4v) is 15.2. The first kappa shape index (κ1) is 30.8. The number of methoxy groups -OCH3 is 2. The third kappa shape index (κ3) is 2.97. The van der Waals surface area contributed by atoms with Crippen LogP contribution in [0.1, 0.15) is 57.1 Å². The van der Waals surface area contributed by atoms with Crippen LogP contribution >= 0.6 is 0 Å². The van der Waals surface area contributed by atoms with Gasteiger partial charge in [-0.3, -0.25) is 19.4 Å². The van der Waals surface area contributed by atoms with Gasteiger partial charge in [0.15, 0.2) is 0 Å². The van der Waals surface area contributed by atoms with Crippen LogP contribution in [-0.4, -0.2) is 106 Å². The second kappa shape index (κ2) is 9.36. The van der Waals surface area contributed by atoms with Gasteiger partial charge in [-0.2, -0.15) is 0 Å². The Morgan fingerprint density at radius 2 is 1.67 bits per heavy atom. The first-order valence-corrected chi connectivity index (χ1v) is 19.6. The highest BCUT2D eigenvalue weighted by Gasteiger charge is 2.78. The van der Waals surface area contributed by atoms with Crippen molar-refractivity contribution in [1.82, 2.24) is 9.80 Å². The summed E-state index contributed by atoms with van der Waals surface area (Å²) in [5, 5.41) is 2.19. The van der Waals surface area contributed by atoms with E-state index in [1.807, 2.05) is 0 Å². The van der Waals surface area contributed by atoms with Crippen molar-refractivity contribution >= 4 is 45.3 Å². The minimum absolute atomic E-state index is 0.0902. The molecule has 12 atom stereocenters. The van der Waals surface area contributed by atoms with Crippen LogP contribution in [0.2, 0.25) is 0 Å². The molecule has 3 aromatic rings. The number of benzene rings is 2. The fraction of sp³-hybridized carbons (Fsp3) is 0.619. The van der Waals surface area contributed by atoms with E-state index in [2.05, 4.69) is 77.9 Å². The first-order chi connectivity index (χ1) is 25.1. The van der Waals surface area contributed by atoms with Gasteiger partial charge in [0.1, 0.15) is 22.4 Å². The maximum Gasteiger partial charge on any atom is 0.310 e. The average molecular weight is 705 g/mol. The number of hydrogen-bond acceptors (Lipinski definition) is 10. The van der Waals surface area contributed by atoms with E-state index in [-0.39, 0.29) is 64.4 Å². The monoisotopic (exact) mass is 704 g/mol. The van der Waals surface area contributed by atoms with Gasteiger partial charge in [0.05, 0.1) is 38.2 Å². The van der Waals surface area contributed by atoms with Crippen LogP contribution in [0.4, 0.5) is 11.4 Å². The number of epoxide rings is 1. The summed E-state index contributed by atoms with van der Waals surface area (Å²) >= 11 is 0. The topological polar surface area (TPSA) is 91.2 Å². The van der Waals surface area contributed by atoms with E-state index in [0.717, 1.165) is 85.9 Å². The normalized spacial score (nSPS) is 45.1. The third-order valence-electron chi connectivity index (χ3n) is 17.0. The molecular weight excluding hydrogens is 656 g/mol. The zero-order chi connectivity index (χ0) is 35.4. The van der Waals surface area contributed by atoms with Crippen LogP contribution in [0.15, 0.2) is 40.3 Å². The molecule has 2 aromatic carbocycles. The van der Waals surface area contributed by atoms with E-state index in [1.54, 1.807) is 14.2 Å². The van der Waals surface area contributed by atoms with E-state index in [1.165, 1.54) is 22.4 Å². The lowest BCUT2D eigenvalue weighted by Gasteiger charge is -2.64. The number of likely N-dealkylation sites (N-methyl/N-ethyl adjacent to an activating group) is 2. The molecule has 2 saturated carbocycles. The lowest BCUT2D eigenvalue weighted by atomic mass is 9.48. The van der Waals surface area contributed by atoms with Gasteiger partial charge >= 0.3 is 11.9 Å². The maximum absolute atomic E-state index is 14.2. The van der Waals surface area contributed by atoms with Crippen molar-refractivity contribution < 1.29 is 28.2 Å². The number of piperidine rings is 2. The summed E-state index contributed by atoms with van der Waals surface area (Å²) in [6, 6.07) is 9.82. The van der Waals surface area contributed by atoms with Gasteiger partial charge in [0.2, 0.25) is 0 Å². The lowest BCUT2D eigenvalue weighted by Crippen LogP contribution is -2.76. The van der Waals surface area contributed by atoms with Crippen molar-refractivity contribution in [2.45, 2.75) is 86.2 Å². The third-order valence-corrected chi connectivity index (χ3v) is 17.0. The van der Waals surface area contributed by atoms with Gasteiger partial charge in [0, 0.05) is 84.7 Å². The van der Waals surface area contributed by atoms with E-state index in [0.29, 0.717) is 6.04 Å². The smallest absolute Gasteiger partial charge is 0.310 e. The number of ether oxygens (including phenoxy) is 3. The number of fused-ring (bicyclic) bond motifs is 9. The molecule has 13 rings (SSSR count). The average Bonchev–Trinajstić information content (AvgIpc) is 3.35. The number of anilines is 2. The van der Waals surface area contributed by atoms with Crippen LogP contribution in [0.25, 0.3) is 21.9 Å². The molecule has 272 valence electrons. The molecule has 11 unspecified atom stereocenters. The van der Waals surface area contributed by atoms with Crippen LogP contribution in [0.3, 0.4) is 0 Å². The largest absolute Gasteiger partial charge is 0.469 e. The number of nitrogens with zero attached hydrogens (tertiary/aromatic N) is 4. The molecule has 8 fully saturated rings. The second-order valence-electron chi connectivity index (χ2n) is 17.8. The molecule has 6 saturated heterocycles. The van der Waals surface area contributed by atoms with Gasteiger partial charge in [-0.1, -0.05) is 11.6 Å². The summed E-state index contributed by atoms with van der Waals surface area (Å²) in [5.74, 6) is -0.423. The summed E-state index contributed by atoms with van der Waals surface area (Å²) < 4.78 is 24.7. The number of carbonyl (C=O) groups excluding carboxylic acids is 2. The second-order valence-corrected chi connectivity index (χ2v) is 17.8. The van der Waals surface area contributed by atoms with E-state index < -0.39 is 5.41 Å². The van der Waals surface area contributed by atoms with E-state index >= 15 is 0 Å². The molecule has 1 aromatic heterocycles. The molecule has 10 aliphatic rings. The Kier molecular flexibility index (Phi) is 5.55. The molecule has 52 heavy (non-hydrogen) atoms. The van der Waals surface area contributed by atoms with E-state index in [4.69, 9.17) is 18.6 Å². The maximum atomic E-state index is 14.2. The molecule has 10 heteroatoms. The summed E-state index contributed by atoms with van der Waals surface area (Å²) in [6.45, 7) is 8.00. The van der Waals surface area contributed by atoms with Gasteiger partial charge < -0.3 is 28.4 Å². The van der Waals surface area contributed by atoms with Crippen LogP contribution < -0.4 is 9.80 Å². The van der Waals surface area contributed by atoms with Crippen molar-refractivity contribution in [3.63, 3.8) is 0 Å². The molecule has 0 amide bonds. The van der Waals surface area contributed by atoms with Crippen molar-refractivity contribution in [3.05, 3.63) is 47.0 Å². The predicted octanol–water partition coefficient (Wildman–Crippen LogP) is 4.95. The highest BCUT2D eigenvalue weighted by molar-refractivity contribution is 6.09. The standard InChI is InChI=1S/C42H48N4O6/c1-7-22-19-46-13-11-40-27-17-32-25(15-30(27)44(4)42(40,46)9-8-23(22)34(40)37(47)49-5)24-14-26-29(18-33(24)51-32)43(3)36-31-16-28-35(38(48)50-6)39(26,36)10-12-45(31)20-41(28)21(2)52-41/h7,14-15,17-18,21,23,28,31,34-36H,8-13,16,19-20H2,1-6H3/b22-7-/t21?,23?,28?,31?,34?,35?,36-,39?,40?,41?,42?/m0/s1. The predicted molar refractivity (Wildman–Crippen MR) is 195 cm³/mol. The number of allylic oxidation sites excluding steroid dienone is 1. The Hall–Kier alpha value is -3.60. The molecule has 7 bridgehead atoms. The summed E-state index contributed by atoms with van der Waals surface area (Å²) in [4.78, 5) is 38.5. The van der Waals surface area contributed by atoms with Crippen molar-refractivity contribution in [2.75, 3.05) is 64.3 Å². The number of rotatable bonds is 2. The van der Waals surface area contributed by atoms with Crippen molar-refractivity contribution in [2.24, 2.45) is 23.7 Å². The van der Waals surface area contributed by atoms with Crippen molar-refractivity contribution in [3.8, 4) is 0 Å². The van der Waals surface area contributed by atoms with Crippen LogP contribution in [0, 0.1) is 23.7 Å². The van der Waals surface area contributed by atoms with Crippen molar-refractivity contribution in [1.29, 1.82) is 0 Å². The number of hydrogen-bond donors (Lipinski definition) is 0. The quantitative estimate of drug-likeness (QED) is 0.208. The Bertz CT molecular complexity index is 2210. The molecule has 2 aliphatic carbocycles. The van der Waals surface area contributed by atoms with Gasteiger partial charge in [-0.15, -0.1) is 0 Å². The molecule has 8 aliphatic heterocycles. The number of esters is 2. The highest BCUT2D eigenvalue weighted by atomic mass is 16.6. The van der Waals surface area contributed by atoms with Crippen LogP contribution in [-0.2, 0) is 34.6 Å². The fourth-order valence-electron chi connectivity index (χ4n) is 15.2. The number of carbonyl (C=O) groups is 2. The van der Waals surface area contributed by atoms with Gasteiger partial charge in [-0.05, 0) is 87.7 Å². The summed E-state index contributed by atoms with van der Waals surface area (Å²) in [5.41, 5.74) is 6.62. The Morgan fingerprint density at radius 1 is 0.923 bits per heavy atom. The summed E-state index contributed by atoms with van der Waals surface area (Å²) in [6.07, 6.45) is 7.18. The Morgan fingerprint density at radius 3 is 2.42 bits per heavy atom. The van der Waals surface area contributed by atoms with Gasteiger partial charge in [0.25, 0.3) is 0 Å². The molecule has 0 N–H and O–H groups in total. The number of furan rings is 1. The Balaban J connectivity index is 1.07. The zero-order valence-electron chi connectivity index (χ0n) is 31.0. The molecule has 2 spiro atoms. The van der Waals surface area contributed by atoms with E-state index in [9.17, 15) is 9.59 Å². The minimum Gasteiger partial charge on any atom is -0.469 e. The summed E-state index contributed by atoms with van der Waals surface area (Å²) in [7, 11) is 7.59. The zero-order valence-corrected chi connectivity index (χ0v) is 31.0. The molecule has 10 nitrogen and oxygen atoms in total. The highest BCUT2D eigenvalue weighted by Crippen LogP contribution is 2.71. The van der Waals surface area contributed by atoms with Crippen LogP contribution in [0.5, 0.6) is 0 Å². The van der Waals surface area contributed by atoms with Gasteiger partial charge in [-0.25, -0.2) is 0 Å².